The highest BCUT2D eigenvalue weighted by Crippen LogP contribution is 2.15. The highest BCUT2D eigenvalue weighted by atomic mass is 32.2. The van der Waals surface area contributed by atoms with Crippen molar-refractivity contribution in [3.8, 4) is 5.75 Å². The average molecular weight is 289 g/mol. The van der Waals surface area contributed by atoms with Crippen molar-refractivity contribution in [2.75, 3.05) is 6.61 Å². The number of alkyl halides is 2. The Labute approximate surface area is 114 Å². The Balaban J connectivity index is 2.72. The Hall–Kier alpha value is -1.30. The fraction of sp³-hybridized carbons (Fsp3) is 0.462. The summed E-state index contributed by atoms with van der Waals surface area (Å²) in [5.74, 6) is 0.339. The molecule has 0 amide bonds. The minimum absolute atomic E-state index is 0.339. The summed E-state index contributed by atoms with van der Waals surface area (Å²) >= 11 is 0. The van der Waals surface area contributed by atoms with E-state index < -0.39 is 28.8 Å². The van der Waals surface area contributed by atoms with Gasteiger partial charge in [-0.15, -0.1) is 0 Å². The van der Waals surface area contributed by atoms with Gasteiger partial charge in [0.05, 0.1) is 4.75 Å². The van der Waals surface area contributed by atoms with Crippen LogP contribution in [0.4, 0.5) is 8.78 Å². The van der Waals surface area contributed by atoms with Crippen molar-refractivity contribution in [3.05, 3.63) is 29.8 Å². The molecule has 0 N–H and O–H groups in total. The predicted octanol–water partition coefficient (Wildman–Crippen LogP) is 3.21. The molecule has 0 aliphatic rings. The maximum Gasteiger partial charge on any atom is 0.272 e. The molecule has 0 aliphatic carbocycles. The van der Waals surface area contributed by atoms with Crippen molar-refractivity contribution < 1.29 is 17.7 Å². The molecule has 1 atom stereocenters. The summed E-state index contributed by atoms with van der Waals surface area (Å²) in [4.78, 5) is 0. The average Bonchev–Trinajstić information content (AvgIpc) is 2.32. The number of benzene rings is 1. The van der Waals surface area contributed by atoms with E-state index in [1.807, 2.05) is 20.8 Å². The molecule has 0 aliphatic heterocycles. The molecular weight excluding hydrogens is 272 g/mol. The van der Waals surface area contributed by atoms with E-state index in [1.165, 1.54) is 6.21 Å². The number of halogens is 2. The van der Waals surface area contributed by atoms with Gasteiger partial charge in [0, 0.05) is 6.21 Å². The third-order valence-electron chi connectivity index (χ3n) is 2.06. The number of hydrogen-bond donors (Lipinski definition) is 0. The number of hydrogen-bond acceptors (Lipinski definition) is 2. The van der Waals surface area contributed by atoms with Gasteiger partial charge in [0.15, 0.2) is 0 Å². The lowest BCUT2D eigenvalue weighted by Gasteiger charge is -2.12. The summed E-state index contributed by atoms with van der Waals surface area (Å²) in [6.45, 7) is 4.82. The minimum Gasteiger partial charge on any atom is -0.488 e. The Morgan fingerprint density at radius 1 is 1.42 bits per heavy atom. The van der Waals surface area contributed by atoms with Crippen molar-refractivity contribution in [2.24, 2.45) is 4.40 Å². The first-order chi connectivity index (χ1) is 8.79. The molecule has 1 aromatic rings. The van der Waals surface area contributed by atoms with Gasteiger partial charge >= 0.3 is 0 Å². The van der Waals surface area contributed by atoms with Crippen LogP contribution in [0, 0.1) is 0 Å². The van der Waals surface area contributed by atoms with E-state index in [4.69, 9.17) is 4.74 Å². The van der Waals surface area contributed by atoms with Crippen LogP contribution in [-0.4, -0.2) is 28.2 Å². The molecule has 0 spiro atoms. The SMILES string of the molecule is CC(C)(C)[S@@](=O)N=Cc1cccc(OCC(F)F)c1. The summed E-state index contributed by atoms with van der Waals surface area (Å²) in [6.07, 6.45) is -1.05. The molecule has 0 saturated carbocycles. The van der Waals surface area contributed by atoms with Gasteiger partial charge in [0.25, 0.3) is 6.43 Å². The lowest BCUT2D eigenvalue weighted by molar-refractivity contribution is 0.0819. The van der Waals surface area contributed by atoms with Crippen LogP contribution < -0.4 is 4.74 Å². The second kappa shape index (κ2) is 6.75. The van der Waals surface area contributed by atoms with Crippen molar-refractivity contribution in [1.82, 2.24) is 0 Å². The van der Waals surface area contributed by atoms with Gasteiger partial charge in [-0.2, -0.15) is 4.40 Å². The van der Waals surface area contributed by atoms with E-state index in [0.29, 0.717) is 11.3 Å². The van der Waals surface area contributed by atoms with Gasteiger partial charge in [-0.25, -0.2) is 13.0 Å². The van der Waals surface area contributed by atoms with Gasteiger partial charge < -0.3 is 4.74 Å². The van der Waals surface area contributed by atoms with Gasteiger partial charge in [-0.05, 0) is 38.5 Å². The second-order valence-corrected chi connectivity index (χ2v) is 6.80. The maximum absolute atomic E-state index is 12.0. The van der Waals surface area contributed by atoms with Crippen LogP contribution >= 0.6 is 0 Å². The zero-order valence-corrected chi connectivity index (χ0v) is 11.9. The number of rotatable bonds is 5. The Kier molecular flexibility index (Phi) is 5.60. The fourth-order valence-electron chi connectivity index (χ4n) is 1.11. The third-order valence-corrected chi connectivity index (χ3v) is 3.40. The van der Waals surface area contributed by atoms with Gasteiger partial charge in [0.1, 0.15) is 23.3 Å². The number of nitrogens with zero attached hydrogens (tertiary/aromatic N) is 1. The van der Waals surface area contributed by atoms with Crippen LogP contribution in [0.5, 0.6) is 5.75 Å². The van der Waals surface area contributed by atoms with Crippen molar-refractivity contribution in [1.29, 1.82) is 0 Å². The van der Waals surface area contributed by atoms with Crippen molar-refractivity contribution in [3.63, 3.8) is 0 Å². The van der Waals surface area contributed by atoms with Crippen LogP contribution in [0.3, 0.4) is 0 Å². The topological polar surface area (TPSA) is 38.7 Å². The quantitative estimate of drug-likeness (QED) is 0.781. The molecule has 0 bridgehead atoms. The maximum atomic E-state index is 12.0. The van der Waals surface area contributed by atoms with Crippen LogP contribution in [0.15, 0.2) is 28.7 Å². The molecule has 0 saturated heterocycles. The van der Waals surface area contributed by atoms with E-state index in [-0.39, 0.29) is 0 Å². The van der Waals surface area contributed by atoms with Crippen LogP contribution in [0.25, 0.3) is 0 Å². The van der Waals surface area contributed by atoms with E-state index in [2.05, 4.69) is 4.40 Å². The van der Waals surface area contributed by atoms with Gasteiger partial charge in [0.2, 0.25) is 0 Å². The molecule has 0 unspecified atom stereocenters. The standard InChI is InChI=1S/C13H17F2NO2S/c1-13(2,3)19(17)16-8-10-5-4-6-11(7-10)18-9-12(14)15/h4-8,12H,9H2,1-3H3/t19-/m1/s1. The number of ether oxygens (including phenoxy) is 1. The molecule has 19 heavy (non-hydrogen) atoms. The van der Waals surface area contributed by atoms with Gasteiger partial charge in [-0.3, -0.25) is 0 Å². The summed E-state index contributed by atoms with van der Waals surface area (Å²) in [5, 5.41) is 0. The van der Waals surface area contributed by atoms with Crippen LogP contribution in [0.1, 0.15) is 26.3 Å². The first kappa shape index (κ1) is 15.8. The molecule has 0 aromatic heterocycles. The molecular formula is C13H17F2NO2S. The summed E-state index contributed by atoms with van der Waals surface area (Å²) < 4.78 is 44.2. The van der Waals surface area contributed by atoms with Crippen molar-refractivity contribution in [2.45, 2.75) is 31.9 Å². The fourth-order valence-corrected chi connectivity index (χ4v) is 1.64. The molecule has 1 aromatic carbocycles. The molecule has 0 fully saturated rings. The molecule has 6 heteroatoms. The molecule has 0 heterocycles. The predicted molar refractivity (Wildman–Crippen MR) is 73.4 cm³/mol. The lowest BCUT2D eigenvalue weighted by atomic mass is 10.2. The summed E-state index contributed by atoms with van der Waals surface area (Å²) in [5.41, 5.74) is 0.657. The summed E-state index contributed by atoms with van der Waals surface area (Å²) in [7, 11) is -1.35. The molecule has 1 rings (SSSR count). The zero-order chi connectivity index (χ0) is 14.5. The zero-order valence-electron chi connectivity index (χ0n) is 11.1. The lowest BCUT2D eigenvalue weighted by Crippen LogP contribution is -2.19. The first-order valence-corrected chi connectivity index (χ1v) is 6.87. The van der Waals surface area contributed by atoms with E-state index in [0.717, 1.165) is 0 Å². The molecule has 106 valence electrons. The normalized spacial score (nSPS) is 14.0. The highest BCUT2D eigenvalue weighted by Gasteiger charge is 2.18. The molecule has 3 nitrogen and oxygen atoms in total. The minimum atomic E-state index is -2.51. The van der Waals surface area contributed by atoms with Crippen LogP contribution in [0.2, 0.25) is 0 Å². The third kappa shape index (κ3) is 5.92. The summed E-state index contributed by atoms with van der Waals surface area (Å²) in [6, 6.07) is 6.56. The van der Waals surface area contributed by atoms with E-state index >= 15 is 0 Å². The molecule has 0 radical (unpaired) electrons. The Bertz CT molecular complexity index is 470. The second-order valence-electron chi connectivity index (χ2n) is 4.87. The Morgan fingerprint density at radius 3 is 2.68 bits per heavy atom. The van der Waals surface area contributed by atoms with E-state index in [1.54, 1.807) is 24.3 Å². The van der Waals surface area contributed by atoms with Gasteiger partial charge in [-0.1, -0.05) is 12.1 Å². The Morgan fingerprint density at radius 2 is 2.11 bits per heavy atom. The smallest absolute Gasteiger partial charge is 0.272 e. The van der Waals surface area contributed by atoms with E-state index in [9.17, 15) is 13.0 Å². The highest BCUT2D eigenvalue weighted by molar-refractivity contribution is 7.85. The van der Waals surface area contributed by atoms with Crippen LogP contribution in [-0.2, 0) is 11.0 Å². The largest absolute Gasteiger partial charge is 0.488 e. The van der Waals surface area contributed by atoms with Crippen molar-refractivity contribution >= 4 is 17.2 Å². The monoisotopic (exact) mass is 289 g/mol. The first-order valence-electron chi connectivity index (χ1n) is 5.76.